The molecule has 0 saturated heterocycles. The minimum atomic E-state index is -1.35. The Labute approximate surface area is 90.3 Å². The normalized spacial score (nSPS) is 12.5. The molecular weight excluding hydrogens is 191 g/mol. The van der Waals surface area contributed by atoms with Crippen molar-refractivity contribution >= 4 is 5.78 Å². The van der Waals surface area contributed by atoms with Crippen LogP contribution in [0.15, 0.2) is 24.3 Å². The monoisotopic (exact) mass is 208 g/mol. The van der Waals surface area contributed by atoms with E-state index in [1.807, 2.05) is 26.0 Å². The van der Waals surface area contributed by atoms with E-state index in [0.29, 0.717) is 18.4 Å². The number of carbonyl (C=O) groups is 1. The molecule has 82 valence electrons. The van der Waals surface area contributed by atoms with Crippen LogP contribution in [0, 0.1) is 0 Å². The highest BCUT2D eigenvalue weighted by Crippen LogP contribution is 2.13. The standard InChI is InChI=1S/C13H17FO/c1-3-6-12(14)13(15)11-8-5-7-10(4-2)9-11/h5,7-9,12H,3-4,6H2,1-2H3. The van der Waals surface area contributed by atoms with E-state index in [4.69, 9.17) is 0 Å². The van der Waals surface area contributed by atoms with E-state index in [1.54, 1.807) is 12.1 Å². The first kappa shape index (κ1) is 11.9. The van der Waals surface area contributed by atoms with E-state index in [9.17, 15) is 9.18 Å². The van der Waals surface area contributed by atoms with Crippen LogP contribution in [0.1, 0.15) is 42.6 Å². The van der Waals surface area contributed by atoms with Crippen molar-refractivity contribution in [1.29, 1.82) is 0 Å². The van der Waals surface area contributed by atoms with Crippen molar-refractivity contribution < 1.29 is 9.18 Å². The van der Waals surface area contributed by atoms with Crippen LogP contribution in [0.3, 0.4) is 0 Å². The van der Waals surface area contributed by atoms with Crippen molar-refractivity contribution in [2.24, 2.45) is 0 Å². The van der Waals surface area contributed by atoms with Crippen LogP contribution in [0.5, 0.6) is 0 Å². The molecule has 1 nitrogen and oxygen atoms in total. The van der Waals surface area contributed by atoms with Crippen molar-refractivity contribution in [2.45, 2.75) is 39.3 Å². The molecule has 1 aromatic rings. The van der Waals surface area contributed by atoms with Gasteiger partial charge in [0.25, 0.3) is 0 Å². The molecule has 0 aliphatic carbocycles. The van der Waals surface area contributed by atoms with Gasteiger partial charge in [0.15, 0.2) is 12.0 Å². The highest BCUT2D eigenvalue weighted by atomic mass is 19.1. The Morgan fingerprint density at radius 1 is 1.40 bits per heavy atom. The van der Waals surface area contributed by atoms with E-state index >= 15 is 0 Å². The second-order valence-electron chi connectivity index (χ2n) is 3.67. The lowest BCUT2D eigenvalue weighted by Crippen LogP contribution is -2.15. The lowest BCUT2D eigenvalue weighted by molar-refractivity contribution is 0.0868. The zero-order valence-corrected chi connectivity index (χ0v) is 9.29. The summed E-state index contributed by atoms with van der Waals surface area (Å²) in [5.74, 6) is -0.382. The second-order valence-corrected chi connectivity index (χ2v) is 3.67. The Bertz CT molecular complexity index is 333. The van der Waals surface area contributed by atoms with Crippen LogP contribution in [-0.4, -0.2) is 12.0 Å². The molecule has 0 aliphatic rings. The molecule has 0 fully saturated rings. The minimum Gasteiger partial charge on any atom is -0.291 e. The van der Waals surface area contributed by atoms with Crippen LogP contribution in [-0.2, 0) is 6.42 Å². The summed E-state index contributed by atoms with van der Waals surface area (Å²) in [7, 11) is 0. The maximum atomic E-state index is 13.4. The first-order chi connectivity index (χ1) is 7.19. The maximum absolute atomic E-state index is 13.4. The third-order valence-electron chi connectivity index (χ3n) is 2.45. The van der Waals surface area contributed by atoms with Gasteiger partial charge in [-0.15, -0.1) is 0 Å². The maximum Gasteiger partial charge on any atom is 0.196 e. The fraction of sp³-hybridized carbons (Fsp3) is 0.462. The Morgan fingerprint density at radius 2 is 2.13 bits per heavy atom. The van der Waals surface area contributed by atoms with Gasteiger partial charge in [0.2, 0.25) is 0 Å². The fourth-order valence-electron chi connectivity index (χ4n) is 1.51. The molecular formula is C13H17FO. The Morgan fingerprint density at radius 3 is 2.73 bits per heavy atom. The molecule has 15 heavy (non-hydrogen) atoms. The van der Waals surface area contributed by atoms with Crippen LogP contribution >= 0.6 is 0 Å². The average Bonchev–Trinajstić information content (AvgIpc) is 2.28. The minimum absolute atomic E-state index is 0.315. The zero-order valence-electron chi connectivity index (χ0n) is 9.29. The van der Waals surface area contributed by atoms with Crippen LogP contribution < -0.4 is 0 Å². The topological polar surface area (TPSA) is 17.1 Å². The molecule has 0 aliphatic heterocycles. The number of benzene rings is 1. The van der Waals surface area contributed by atoms with Gasteiger partial charge in [-0.05, 0) is 24.5 Å². The molecule has 2 heteroatoms. The van der Waals surface area contributed by atoms with Crippen molar-refractivity contribution in [2.75, 3.05) is 0 Å². The molecule has 0 bridgehead atoms. The third kappa shape index (κ3) is 3.15. The second kappa shape index (κ2) is 5.64. The summed E-state index contributed by atoms with van der Waals surface area (Å²) in [6, 6.07) is 7.23. The van der Waals surface area contributed by atoms with Gasteiger partial charge in [-0.3, -0.25) is 4.79 Å². The molecule has 1 unspecified atom stereocenters. The summed E-state index contributed by atoms with van der Waals surface area (Å²) < 4.78 is 13.4. The molecule has 0 heterocycles. The largest absolute Gasteiger partial charge is 0.291 e. The van der Waals surface area contributed by atoms with Crippen molar-refractivity contribution in [3.05, 3.63) is 35.4 Å². The number of hydrogen-bond acceptors (Lipinski definition) is 1. The van der Waals surface area contributed by atoms with Crippen molar-refractivity contribution in [1.82, 2.24) is 0 Å². The number of alkyl halides is 1. The Kier molecular flexibility index (Phi) is 4.47. The van der Waals surface area contributed by atoms with Crippen molar-refractivity contribution in [3.63, 3.8) is 0 Å². The number of Topliss-reactive ketones (excluding diaryl/α,β-unsaturated/α-hetero) is 1. The van der Waals surface area contributed by atoms with Gasteiger partial charge < -0.3 is 0 Å². The summed E-state index contributed by atoms with van der Waals surface area (Å²) in [5.41, 5.74) is 1.57. The van der Waals surface area contributed by atoms with E-state index in [-0.39, 0.29) is 5.78 Å². The van der Waals surface area contributed by atoms with E-state index in [1.165, 1.54) is 0 Å². The molecule has 0 radical (unpaired) electrons. The zero-order chi connectivity index (χ0) is 11.3. The molecule has 0 spiro atoms. The van der Waals surface area contributed by atoms with Gasteiger partial charge in [0.1, 0.15) is 0 Å². The van der Waals surface area contributed by atoms with E-state index < -0.39 is 6.17 Å². The molecule has 1 aromatic carbocycles. The molecule has 0 saturated carbocycles. The predicted octanol–water partition coefficient (Wildman–Crippen LogP) is 3.57. The van der Waals surface area contributed by atoms with Crippen molar-refractivity contribution in [3.8, 4) is 0 Å². The van der Waals surface area contributed by atoms with Gasteiger partial charge in [-0.25, -0.2) is 4.39 Å². The number of hydrogen-bond donors (Lipinski definition) is 0. The number of ketones is 1. The Hall–Kier alpha value is -1.18. The Balaban J connectivity index is 2.81. The summed E-state index contributed by atoms with van der Waals surface area (Å²) in [4.78, 5) is 11.6. The van der Waals surface area contributed by atoms with Gasteiger partial charge in [-0.2, -0.15) is 0 Å². The van der Waals surface area contributed by atoms with Crippen LogP contribution in [0.2, 0.25) is 0 Å². The lowest BCUT2D eigenvalue weighted by atomic mass is 10.0. The molecule has 0 aromatic heterocycles. The third-order valence-corrected chi connectivity index (χ3v) is 2.45. The molecule has 0 N–H and O–H groups in total. The highest BCUT2D eigenvalue weighted by molar-refractivity contribution is 5.99. The smallest absolute Gasteiger partial charge is 0.196 e. The highest BCUT2D eigenvalue weighted by Gasteiger charge is 2.17. The van der Waals surface area contributed by atoms with E-state index in [0.717, 1.165) is 12.0 Å². The quantitative estimate of drug-likeness (QED) is 0.676. The van der Waals surface area contributed by atoms with Gasteiger partial charge in [0.05, 0.1) is 0 Å². The SMILES string of the molecule is CCCC(F)C(=O)c1cccc(CC)c1. The molecule has 1 rings (SSSR count). The number of halogens is 1. The summed E-state index contributed by atoms with van der Waals surface area (Å²) >= 11 is 0. The van der Waals surface area contributed by atoms with Crippen LogP contribution in [0.25, 0.3) is 0 Å². The molecule has 1 atom stereocenters. The van der Waals surface area contributed by atoms with Gasteiger partial charge in [0, 0.05) is 5.56 Å². The number of aryl methyl sites for hydroxylation is 1. The lowest BCUT2D eigenvalue weighted by Gasteiger charge is -2.06. The number of rotatable bonds is 5. The fourth-order valence-corrected chi connectivity index (χ4v) is 1.51. The van der Waals surface area contributed by atoms with Gasteiger partial charge in [-0.1, -0.05) is 38.5 Å². The first-order valence-electron chi connectivity index (χ1n) is 5.46. The van der Waals surface area contributed by atoms with Gasteiger partial charge >= 0.3 is 0 Å². The van der Waals surface area contributed by atoms with Crippen LogP contribution in [0.4, 0.5) is 4.39 Å². The predicted molar refractivity (Wildman–Crippen MR) is 60.0 cm³/mol. The first-order valence-corrected chi connectivity index (χ1v) is 5.46. The summed E-state index contributed by atoms with van der Waals surface area (Å²) in [6.45, 7) is 3.89. The van der Waals surface area contributed by atoms with E-state index in [2.05, 4.69) is 0 Å². The molecule has 0 amide bonds. The average molecular weight is 208 g/mol. The summed E-state index contributed by atoms with van der Waals surface area (Å²) in [5, 5.41) is 0. The number of carbonyl (C=O) groups excluding carboxylic acids is 1. The summed E-state index contributed by atoms with van der Waals surface area (Å²) in [6.07, 6.45) is 0.531.